The van der Waals surface area contributed by atoms with Gasteiger partial charge in [-0.2, -0.15) is 0 Å². The van der Waals surface area contributed by atoms with Gasteiger partial charge in [-0.15, -0.1) is 0 Å². The molecular formula is C7H10OW. The van der Waals surface area contributed by atoms with Crippen LogP contribution in [0, 0.1) is 5.92 Å². The zero-order valence-electron chi connectivity index (χ0n) is 5.63. The van der Waals surface area contributed by atoms with E-state index in [1.54, 1.807) is 6.08 Å². The fraction of sp³-hybridized carbons (Fsp3) is 0.429. The predicted molar refractivity (Wildman–Crippen MR) is 35.0 cm³/mol. The number of hydrogen-bond donors (Lipinski definition) is 0. The van der Waals surface area contributed by atoms with Gasteiger partial charge in [-0.25, -0.2) is 0 Å². The Kier molecular flexibility index (Phi) is 4.79. The normalized spacial score (nSPS) is 10.6. The minimum absolute atomic E-state index is 0.580. The van der Waals surface area contributed by atoms with Crippen molar-refractivity contribution in [3.8, 4) is 0 Å². The van der Waals surface area contributed by atoms with Crippen LogP contribution in [0.25, 0.3) is 0 Å². The Morgan fingerprint density at radius 2 is 2.11 bits per heavy atom. The van der Waals surface area contributed by atoms with Crippen molar-refractivity contribution in [3.05, 3.63) is 12.2 Å². The summed E-state index contributed by atoms with van der Waals surface area (Å²) in [5, 5.41) is 0. The summed E-state index contributed by atoms with van der Waals surface area (Å²) in [6.45, 7) is 4.24. The Hall–Kier alpha value is -0.0317. The molecule has 0 radical (unpaired) electrons. The van der Waals surface area contributed by atoms with Crippen LogP contribution in [0.1, 0.15) is 13.8 Å². The molecule has 0 amide bonds. The molecule has 50 valence electrons. The molecule has 0 spiro atoms. The van der Waals surface area contributed by atoms with Crippen molar-refractivity contribution in [2.45, 2.75) is 13.8 Å². The van der Waals surface area contributed by atoms with Crippen molar-refractivity contribution in [3.63, 3.8) is 0 Å². The van der Waals surface area contributed by atoms with E-state index in [4.69, 9.17) is 0 Å². The molecule has 0 aromatic rings. The topological polar surface area (TPSA) is 17.1 Å². The molecule has 0 bridgehead atoms. The zero-order chi connectivity index (χ0) is 7.28. The third-order valence-corrected chi connectivity index (χ3v) is 3.09. The van der Waals surface area contributed by atoms with Crippen molar-refractivity contribution < 1.29 is 24.1 Å². The van der Waals surface area contributed by atoms with Gasteiger partial charge in [-0.1, -0.05) is 0 Å². The first-order chi connectivity index (χ1) is 4.18. The van der Waals surface area contributed by atoms with Gasteiger partial charge in [0.1, 0.15) is 0 Å². The molecule has 1 nitrogen and oxygen atoms in total. The maximum atomic E-state index is 9.84. The first-order valence-electron chi connectivity index (χ1n) is 2.84. The number of carbonyl (C=O) groups excluding carboxylic acids is 1. The minimum atomic E-state index is 0.580. The predicted octanol–water partition coefficient (Wildman–Crippen LogP) is 1.12. The summed E-state index contributed by atoms with van der Waals surface area (Å²) in [6, 6.07) is 0. The average Bonchev–Trinajstić information content (AvgIpc) is 1.82. The molecule has 0 N–H and O–H groups in total. The quantitative estimate of drug-likeness (QED) is 0.563. The van der Waals surface area contributed by atoms with Crippen LogP contribution in [0.5, 0.6) is 0 Å². The number of rotatable bonds is 3. The zero-order valence-corrected chi connectivity index (χ0v) is 8.56. The Bertz CT molecular complexity index is 136. The van der Waals surface area contributed by atoms with Gasteiger partial charge in [0.25, 0.3) is 0 Å². The van der Waals surface area contributed by atoms with Gasteiger partial charge >= 0.3 is 66.2 Å². The Morgan fingerprint density at radius 1 is 1.56 bits per heavy atom. The number of hydrogen-bond acceptors (Lipinski definition) is 1. The summed E-state index contributed by atoms with van der Waals surface area (Å²) in [4.78, 5) is 9.84. The molecule has 0 atom stereocenters. The Labute approximate surface area is 66.6 Å². The summed E-state index contributed by atoms with van der Waals surface area (Å²) in [6.07, 6.45) is 4.24. The molecule has 0 unspecified atom stereocenters. The van der Waals surface area contributed by atoms with E-state index < -0.39 is 0 Å². The van der Waals surface area contributed by atoms with Crippen LogP contribution >= 0.6 is 0 Å². The van der Waals surface area contributed by atoms with E-state index in [9.17, 15) is 4.79 Å². The monoisotopic (exact) mass is 294 g/mol. The van der Waals surface area contributed by atoms with Crippen LogP contribution < -0.4 is 0 Å². The van der Waals surface area contributed by atoms with E-state index in [2.05, 4.69) is 13.8 Å². The third-order valence-electron chi connectivity index (χ3n) is 0.908. The number of aldehydes is 1. The van der Waals surface area contributed by atoms with Gasteiger partial charge in [-0.3, -0.25) is 0 Å². The summed E-state index contributed by atoms with van der Waals surface area (Å²) in [5.41, 5.74) is 0. The molecule has 0 saturated heterocycles. The van der Waals surface area contributed by atoms with E-state index in [0.29, 0.717) is 5.92 Å². The van der Waals surface area contributed by atoms with Gasteiger partial charge in [-0.05, 0) is 0 Å². The maximum absolute atomic E-state index is 9.84. The Morgan fingerprint density at radius 3 is 2.44 bits per heavy atom. The fourth-order valence-electron chi connectivity index (χ4n) is 0.327. The molecule has 9 heavy (non-hydrogen) atoms. The molecule has 0 aliphatic heterocycles. The Balaban J connectivity index is 3.76. The van der Waals surface area contributed by atoms with Crippen LogP contribution in [0.15, 0.2) is 12.2 Å². The van der Waals surface area contributed by atoms with Crippen LogP contribution in [0.4, 0.5) is 0 Å². The molecule has 0 rings (SSSR count). The number of allylic oxidation sites excluding steroid dienone is 2. The summed E-state index contributed by atoms with van der Waals surface area (Å²) in [5.74, 6) is 0.580. The molecule has 0 aromatic carbocycles. The SMILES string of the molecule is CC(C)[C](=[W])/C=C\C=O. The number of carbonyl (C=O) groups is 1. The molecule has 0 aliphatic rings. The molecule has 0 fully saturated rings. The fourth-order valence-corrected chi connectivity index (χ4v) is 0.609. The molecular weight excluding hydrogens is 284 g/mol. The van der Waals surface area contributed by atoms with Crippen LogP contribution in [-0.2, 0) is 24.1 Å². The van der Waals surface area contributed by atoms with Gasteiger partial charge in [0, 0.05) is 0 Å². The van der Waals surface area contributed by atoms with Crippen molar-refractivity contribution in [1.29, 1.82) is 0 Å². The average molecular weight is 294 g/mol. The second-order valence-corrected chi connectivity index (χ2v) is 3.75. The first-order valence-corrected chi connectivity index (χ1v) is 4.31. The van der Waals surface area contributed by atoms with Crippen molar-refractivity contribution in [2.24, 2.45) is 5.92 Å². The van der Waals surface area contributed by atoms with Gasteiger partial charge < -0.3 is 0 Å². The van der Waals surface area contributed by atoms with E-state index >= 15 is 0 Å². The van der Waals surface area contributed by atoms with Crippen molar-refractivity contribution in [1.82, 2.24) is 0 Å². The standard InChI is InChI=1S/C7H10O.W/c1-7(2)5-3-4-6-8;/h3-4,6-7H,1-2H3;/b4-3-;. The molecule has 0 saturated carbocycles. The van der Waals surface area contributed by atoms with Gasteiger partial charge in [0.05, 0.1) is 0 Å². The van der Waals surface area contributed by atoms with Crippen molar-refractivity contribution >= 4 is 10.2 Å². The van der Waals surface area contributed by atoms with Crippen LogP contribution in [0.2, 0.25) is 0 Å². The van der Waals surface area contributed by atoms with E-state index in [1.165, 1.54) is 23.3 Å². The van der Waals surface area contributed by atoms with Gasteiger partial charge in [0.15, 0.2) is 0 Å². The van der Waals surface area contributed by atoms with E-state index in [0.717, 1.165) is 6.29 Å². The molecule has 0 aliphatic carbocycles. The van der Waals surface area contributed by atoms with Crippen LogP contribution in [-0.4, -0.2) is 10.2 Å². The molecule has 0 heterocycles. The molecule has 2 heteroatoms. The summed E-state index contributed by atoms with van der Waals surface area (Å²) in [7, 11) is 0. The summed E-state index contributed by atoms with van der Waals surface area (Å²) >= 11 is 1.44. The second kappa shape index (κ2) is 4.81. The van der Waals surface area contributed by atoms with E-state index in [-0.39, 0.29) is 0 Å². The summed E-state index contributed by atoms with van der Waals surface area (Å²) < 4.78 is 1.32. The van der Waals surface area contributed by atoms with Crippen LogP contribution in [0.3, 0.4) is 0 Å². The van der Waals surface area contributed by atoms with E-state index in [1.807, 2.05) is 6.08 Å². The molecule has 0 aromatic heterocycles. The van der Waals surface area contributed by atoms with Gasteiger partial charge in [0.2, 0.25) is 0 Å². The van der Waals surface area contributed by atoms with Crippen molar-refractivity contribution in [2.75, 3.05) is 0 Å². The second-order valence-electron chi connectivity index (χ2n) is 2.05. The first kappa shape index (κ1) is 8.97. The third kappa shape index (κ3) is 4.47.